The lowest BCUT2D eigenvalue weighted by atomic mass is 10.0. The number of benzene rings is 2. The number of thioether (sulfide) groups is 1. The van der Waals surface area contributed by atoms with Gasteiger partial charge in [0.2, 0.25) is 5.91 Å². The van der Waals surface area contributed by atoms with E-state index in [1.165, 1.54) is 17.3 Å². The number of fused-ring (bicyclic) bond motifs is 1. The Labute approximate surface area is 202 Å². The molecule has 1 aromatic heterocycles. The first-order valence-corrected chi connectivity index (χ1v) is 12.2. The van der Waals surface area contributed by atoms with Gasteiger partial charge in [0.15, 0.2) is 18.1 Å². The summed E-state index contributed by atoms with van der Waals surface area (Å²) in [6.07, 6.45) is 0.952. The number of carbonyl (C=O) groups is 2. The second-order valence-corrected chi connectivity index (χ2v) is 9.01. The summed E-state index contributed by atoms with van der Waals surface area (Å²) < 4.78 is 13.1. The molecule has 4 rings (SSSR count). The number of amides is 2. The van der Waals surface area contributed by atoms with Gasteiger partial charge >= 0.3 is 0 Å². The molecular formula is C25H28N4O4S. The highest BCUT2D eigenvalue weighted by atomic mass is 32.2. The normalized spacial score (nSPS) is 15.3. The molecule has 9 heteroatoms. The predicted molar refractivity (Wildman–Crippen MR) is 133 cm³/mol. The third kappa shape index (κ3) is 4.89. The maximum Gasteiger partial charge on any atom is 0.255 e. The van der Waals surface area contributed by atoms with Gasteiger partial charge in [0.25, 0.3) is 5.91 Å². The number of hydrogen-bond donors (Lipinski definition) is 2. The largest absolute Gasteiger partial charge is 0.490 e. The van der Waals surface area contributed by atoms with E-state index in [1.54, 1.807) is 10.7 Å². The van der Waals surface area contributed by atoms with Gasteiger partial charge in [0.1, 0.15) is 5.82 Å². The molecule has 1 atom stereocenters. The van der Waals surface area contributed by atoms with Gasteiger partial charge in [-0.25, -0.2) is 4.68 Å². The third-order valence-electron chi connectivity index (χ3n) is 5.54. The van der Waals surface area contributed by atoms with Gasteiger partial charge in [0.05, 0.1) is 29.0 Å². The minimum Gasteiger partial charge on any atom is -0.490 e. The molecule has 3 aromatic rings. The Balaban J connectivity index is 1.77. The van der Waals surface area contributed by atoms with Crippen molar-refractivity contribution in [1.82, 2.24) is 9.78 Å². The van der Waals surface area contributed by atoms with Crippen molar-refractivity contribution in [2.45, 2.75) is 32.4 Å². The number of ether oxygens (including phenoxy) is 2. The van der Waals surface area contributed by atoms with Crippen LogP contribution in [-0.4, -0.2) is 40.6 Å². The summed E-state index contributed by atoms with van der Waals surface area (Å²) in [6.45, 7) is 6.15. The number of rotatable bonds is 8. The highest BCUT2D eigenvalue weighted by Crippen LogP contribution is 2.45. The Morgan fingerprint density at radius 3 is 2.62 bits per heavy atom. The fraction of sp³-hybridized carbons (Fsp3) is 0.320. The monoisotopic (exact) mass is 480 g/mol. The van der Waals surface area contributed by atoms with Crippen molar-refractivity contribution < 1.29 is 19.1 Å². The van der Waals surface area contributed by atoms with E-state index in [0.717, 1.165) is 28.9 Å². The molecule has 2 aromatic carbocycles. The lowest BCUT2D eigenvalue weighted by molar-refractivity contribution is -0.120. The van der Waals surface area contributed by atoms with E-state index in [1.807, 2.05) is 38.1 Å². The average Bonchev–Trinajstić information content (AvgIpc) is 3.03. The summed E-state index contributed by atoms with van der Waals surface area (Å²) in [5.74, 6) is 1.31. The van der Waals surface area contributed by atoms with Gasteiger partial charge < -0.3 is 20.5 Å². The van der Waals surface area contributed by atoms with Crippen LogP contribution in [0.25, 0.3) is 5.69 Å². The molecule has 2 heterocycles. The molecule has 1 aliphatic rings. The first-order chi connectivity index (χ1) is 16.4. The van der Waals surface area contributed by atoms with Crippen molar-refractivity contribution >= 4 is 29.4 Å². The van der Waals surface area contributed by atoms with Crippen molar-refractivity contribution in [2.75, 3.05) is 24.3 Å². The second-order valence-electron chi connectivity index (χ2n) is 7.91. The third-order valence-corrected chi connectivity index (χ3v) is 6.81. The molecule has 0 radical (unpaired) electrons. The molecule has 0 saturated carbocycles. The lowest BCUT2D eigenvalue weighted by Gasteiger charge is -2.18. The topological polar surface area (TPSA) is 108 Å². The maximum absolute atomic E-state index is 12.6. The van der Waals surface area contributed by atoms with Crippen LogP contribution in [0.1, 0.15) is 41.5 Å². The number of aryl methyl sites for hydroxylation is 2. The Bertz CT molecular complexity index is 1210. The van der Waals surface area contributed by atoms with Crippen LogP contribution in [0.5, 0.6) is 11.5 Å². The number of nitrogens with zero attached hydrogens (tertiary/aromatic N) is 2. The molecule has 1 unspecified atom stereocenters. The fourth-order valence-electron chi connectivity index (χ4n) is 3.93. The molecule has 2 amide bonds. The van der Waals surface area contributed by atoms with E-state index >= 15 is 0 Å². The van der Waals surface area contributed by atoms with E-state index < -0.39 is 5.91 Å². The number of aromatic nitrogens is 2. The van der Waals surface area contributed by atoms with E-state index in [2.05, 4.69) is 24.4 Å². The summed E-state index contributed by atoms with van der Waals surface area (Å²) in [7, 11) is 0. The highest BCUT2D eigenvalue weighted by Gasteiger charge is 2.31. The SMILES string of the molecule is CCOc1cc(C2SCC(=O)Nc3c2c(C)nn3-c2ccc(CC)cc2)ccc1OCC(N)=O. The van der Waals surface area contributed by atoms with Gasteiger partial charge in [-0.05, 0) is 55.7 Å². The lowest BCUT2D eigenvalue weighted by Crippen LogP contribution is -2.20. The Hall–Kier alpha value is -3.46. The molecule has 0 spiro atoms. The fourth-order valence-corrected chi connectivity index (χ4v) is 5.11. The van der Waals surface area contributed by atoms with Gasteiger partial charge in [0, 0.05) is 5.56 Å². The van der Waals surface area contributed by atoms with Gasteiger partial charge in [-0.1, -0.05) is 25.1 Å². The first kappa shape index (κ1) is 23.7. The van der Waals surface area contributed by atoms with Crippen molar-refractivity contribution in [3.8, 4) is 17.2 Å². The zero-order chi connectivity index (χ0) is 24.2. The number of hydrogen-bond acceptors (Lipinski definition) is 6. The molecule has 34 heavy (non-hydrogen) atoms. The summed E-state index contributed by atoms with van der Waals surface area (Å²) in [4.78, 5) is 23.8. The maximum atomic E-state index is 12.6. The molecule has 178 valence electrons. The van der Waals surface area contributed by atoms with E-state index in [9.17, 15) is 9.59 Å². The van der Waals surface area contributed by atoms with Gasteiger partial charge in [-0.2, -0.15) is 5.10 Å². The van der Waals surface area contributed by atoms with Crippen molar-refractivity contribution in [3.05, 3.63) is 64.8 Å². The van der Waals surface area contributed by atoms with Crippen LogP contribution in [0.15, 0.2) is 42.5 Å². The molecule has 0 bridgehead atoms. The Morgan fingerprint density at radius 2 is 1.94 bits per heavy atom. The second kappa shape index (κ2) is 10.2. The zero-order valence-corrected chi connectivity index (χ0v) is 20.3. The van der Waals surface area contributed by atoms with Gasteiger partial charge in [-0.3, -0.25) is 9.59 Å². The first-order valence-electron chi connectivity index (χ1n) is 11.2. The molecule has 0 aliphatic carbocycles. The number of nitrogens with one attached hydrogen (secondary N) is 1. The van der Waals surface area contributed by atoms with Gasteiger partial charge in [-0.15, -0.1) is 11.8 Å². The minimum atomic E-state index is -0.560. The minimum absolute atomic E-state index is 0.0773. The average molecular weight is 481 g/mol. The zero-order valence-electron chi connectivity index (χ0n) is 19.5. The van der Waals surface area contributed by atoms with E-state index in [-0.39, 0.29) is 17.8 Å². The molecule has 1 aliphatic heterocycles. The smallest absolute Gasteiger partial charge is 0.255 e. The molecule has 3 N–H and O–H groups in total. The van der Waals surface area contributed by atoms with Crippen LogP contribution in [0.4, 0.5) is 5.82 Å². The summed E-state index contributed by atoms with van der Waals surface area (Å²) in [5.41, 5.74) is 10.1. The molecule has 0 fully saturated rings. The standard InChI is InChI=1S/C25H28N4O4S/c1-4-16-6-9-18(10-7-16)29-25-23(15(3)28-29)24(34-14-22(31)27-25)17-8-11-19(33-13-21(26)30)20(12-17)32-5-2/h6-12,24H,4-5,13-14H2,1-3H3,(H2,26,30)(H,27,31). The van der Waals surface area contributed by atoms with Crippen molar-refractivity contribution in [2.24, 2.45) is 5.73 Å². The van der Waals surface area contributed by atoms with Crippen LogP contribution in [-0.2, 0) is 16.0 Å². The predicted octanol–water partition coefficient (Wildman–Crippen LogP) is 3.78. The van der Waals surface area contributed by atoms with Crippen molar-refractivity contribution in [1.29, 1.82) is 0 Å². The quantitative estimate of drug-likeness (QED) is 0.508. The van der Waals surface area contributed by atoms with Crippen LogP contribution >= 0.6 is 11.8 Å². The number of primary amides is 1. The van der Waals surface area contributed by atoms with E-state index in [0.29, 0.717) is 29.7 Å². The van der Waals surface area contributed by atoms with Crippen LogP contribution in [0, 0.1) is 6.92 Å². The number of carbonyl (C=O) groups excluding carboxylic acids is 2. The number of nitrogens with two attached hydrogens (primary N) is 1. The highest BCUT2D eigenvalue weighted by molar-refractivity contribution is 8.00. The van der Waals surface area contributed by atoms with Crippen LogP contribution in [0.3, 0.4) is 0 Å². The molecule has 0 saturated heterocycles. The summed E-state index contributed by atoms with van der Waals surface area (Å²) >= 11 is 1.53. The molecular weight excluding hydrogens is 452 g/mol. The van der Waals surface area contributed by atoms with Crippen LogP contribution in [0.2, 0.25) is 0 Å². The Kier molecular flexibility index (Phi) is 7.12. The number of anilines is 1. The summed E-state index contributed by atoms with van der Waals surface area (Å²) in [6, 6.07) is 13.8. The molecule has 8 nitrogen and oxygen atoms in total. The Morgan fingerprint density at radius 1 is 1.18 bits per heavy atom. The van der Waals surface area contributed by atoms with E-state index in [4.69, 9.17) is 20.3 Å². The van der Waals surface area contributed by atoms with Crippen LogP contribution < -0.4 is 20.5 Å². The van der Waals surface area contributed by atoms with Crippen molar-refractivity contribution in [3.63, 3.8) is 0 Å². The summed E-state index contributed by atoms with van der Waals surface area (Å²) in [5, 5.41) is 7.68.